The summed E-state index contributed by atoms with van der Waals surface area (Å²) in [6.07, 6.45) is 1.43. The molecule has 0 saturated carbocycles. The molecule has 2 heterocycles. The Morgan fingerprint density at radius 1 is 1.29 bits per heavy atom. The van der Waals surface area contributed by atoms with Crippen molar-refractivity contribution in [2.75, 3.05) is 10.6 Å². The molecule has 0 atom stereocenters. The molecular formula is C4H5N9O. The molecule has 14 heavy (non-hydrogen) atoms. The lowest BCUT2D eigenvalue weighted by Gasteiger charge is -1.99. The summed E-state index contributed by atoms with van der Waals surface area (Å²) < 4.78 is 0. The third-order valence-electron chi connectivity index (χ3n) is 1.24. The van der Waals surface area contributed by atoms with Gasteiger partial charge in [0.1, 0.15) is 0 Å². The van der Waals surface area contributed by atoms with Gasteiger partial charge in [-0.3, -0.25) is 15.7 Å². The fourth-order valence-electron chi connectivity index (χ4n) is 0.730. The second-order valence-corrected chi connectivity index (χ2v) is 2.19. The van der Waals surface area contributed by atoms with Crippen LogP contribution in [0, 0.1) is 0 Å². The Labute approximate surface area is 76.5 Å². The molecule has 10 nitrogen and oxygen atoms in total. The molecule has 0 bridgehead atoms. The molecule has 0 aliphatic carbocycles. The lowest BCUT2D eigenvalue weighted by Crippen LogP contribution is -2.20. The molecular weight excluding hydrogens is 190 g/mol. The van der Waals surface area contributed by atoms with Crippen molar-refractivity contribution in [2.45, 2.75) is 0 Å². The summed E-state index contributed by atoms with van der Waals surface area (Å²) in [5.41, 5.74) is 0. The number of rotatable bonds is 2. The van der Waals surface area contributed by atoms with Crippen molar-refractivity contribution in [3.63, 3.8) is 0 Å². The van der Waals surface area contributed by atoms with Gasteiger partial charge < -0.3 is 0 Å². The van der Waals surface area contributed by atoms with Crippen LogP contribution in [0.2, 0.25) is 0 Å². The first-order valence-corrected chi connectivity index (χ1v) is 3.53. The van der Waals surface area contributed by atoms with Crippen molar-refractivity contribution in [3.8, 4) is 0 Å². The maximum Gasteiger partial charge on any atom is 0.327 e. The Hall–Kier alpha value is -2.52. The number of amides is 2. The van der Waals surface area contributed by atoms with E-state index in [0.29, 0.717) is 5.82 Å². The first-order valence-electron chi connectivity index (χ1n) is 3.53. The Kier molecular flexibility index (Phi) is 2.01. The molecule has 2 amide bonds. The number of hydrogen-bond acceptors (Lipinski definition) is 6. The highest BCUT2D eigenvalue weighted by molar-refractivity contribution is 5.97. The molecule has 0 aromatic carbocycles. The SMILES string of the molecule is O=C(Nc1c[nH]nn1)Nc1nnn[nH]1. The molecule has 0 radical (unpaired) electrons. The lowest BCUT2D eigenvalue weighted by molar-refractivity contribution is 0.262. The van der Waals surface area contributed by atoms with Crippen LogP contribution < -0.4 is 10.6 Å². The Balaban J connectivity index is 1.91. The van der Waals surface area contributed by atoms with Gasteiger partial charge in [-0.1, -0.05) is 10.3 Å². The van der Waals surface area contributed by atoms with Crippen LogP contribution in [0.4, 0.5) is 16.6 Å². The zero-order valence-electron chi connectivity index (χ0n) is 6.72. The normalized spacial score (nSPS) is 9.71. The Bertz CT molecular complexity index is 352. The minimum absolute atomic E-state index is 0.144. The third-order valence-corrected chi connectivity index (χ3v) is 1.24. The number of anilines is 2. The van der Waals surface area contributed by atoms with E-state index in [2.05, 4.69) is 46.7 Å². The molecule has 0 unspecified atom stereocenters. The maximum atomic E-state index is 11.2. The number of hydrogen-bond donors (Lipinski definition) is 4. The van der Waals surface area contributed by atoms with Crippen molar-refractivity contribution in [1.29, 1.82) is 0 Å². The second-order valence-electron chi connectivity index (χ2n) is 2.19. The molecule has 0 saturated heterocycles. The van der Waals surface area contributed by atoms with Gasteiger partial charge in [0.2, 0.25) is 5.95 Å². The van der Waals surface area contributed by atoms with Crippen molar-refractivity contribution >= 4 is 17.8 Å². The molecule has 72 valence electrons. The fourth-order valence-corrected chi connectivity index (χ4v) is 0.730. The van der Waals surface area contributed by atoms with E-state index in [1.54, 1.807) is 0 Å². The molecule has 2 rings (SSSR count). The zero-order valence-corrected chi connectivity index (χ0v) is 6.72. The van der Waals surface area contributed by atoms with Gasteiger partial charge in [-0.05, 0) is 10.4 Å². The number of aromatic nitrogens is 7. The smallest absolute Gasteiger partial charge is 0.289 e. The molecule has 0 aliphatic rings. The van der Waals surface area contributed by atoms with Crippen LogP contribution in [0.15, 0.2) is 6.20 Å². The van der Waals surface area contributed by atoms with E-state index in [1.165, 1.54) is 6.20 Å². The van der Waals surface area contributed by atoms with E-state index < -0.39 is 6.03 Å². The van der Waals surface area contributed by atoms with Crippen LogP contribution >= 0.6 is 0 Å². The van der Waals surface area contributed by atoms with E-state index >= 15 is 0 Å². The molecule has 0 spiro atoms. The van der Waals surface area contributed by atoms with Crippen molar-refractivity contribution < 1.29 is 4.79 Å². The molecule has 2 aromatic rings. The van der Waals surface area contributed by atoms with Gasteiger partial charge in [0.05, 0.1) is 6.20 Å². The quantitative estimate of drug-likeness (QED) is 0.483. The average molecular weight is 195 g/mol. The van der Waals surface area contributed by atoms with Crippen LogP contribution in [0.25, 0.3) is 0 Å². The van der Waals surface area contributed by atoms with Gasteiger partial charge in [-0.2, -0.15) is 0 Å². The van der Waals surface area contributed by atoms with E-state index in [1.807, 2.05) is 0 Å². The summed E-state index contributed by atoms with van der Waals surface area (Å²) in [7, 11) is 0. The number of nitrogens with one attached hydrogen (secondary N) is 4. The van der Waals surface area contributed by atoms with Gasteiger partial charge in [0.25, 0.3) is 0 Å². The van der Waals surface area contributed by atoms with Gasteiger partial charge in [-0.15, -0.1) is 5.10 Å². The Morgan fingerprint density at radius 2 is 2.21 bits per heavy atom. The van der Waals surface area contributed by atoms with E-state index in [9.17, 15) is 4.79 Å². The van der Waals surface area contributed by atoms with Crippen LogP contribution in [0.1, 0.15) is 0 Å². The Morgan fingerprint density at radius 3 is 2.86 bits per heavy atom. The first kappa shape index (κ1) is 8.10. The van der Waals surface area contributed by atoms with Crippen LogP contribution in [0.5, 0.6) is 0 Å². The van der Waals surface area contributed by atoms with Crippen molar-refractivity contribution in [3.05, 3.63) is 6.20 Å². The maximum absolute atomic E-state index is 11.2. The topological polar surface area (TPSA) is 137 Å². The first-order chi connectivity index (χ1) is 6.84. The summed E-state index contributed by atoms with van der Waals surface area (Å²) in [6.45, 7) is 0. The predicted octanol–water partition coefficient (Wildman–Crippen LogP) is -1.04. The van der Waals surface area contributed by atoms with Gasteiger partial charge >= 0.3 is 6.03 Å². The number of carbonyl (C=O) groups excluding carboxylic acids is 1. The second kappa shape index (κ2) is 3.47. The number of aromatic amines is 2. The minimum atomic E-state index is -0.516. The highest BCUT2D eigenvalue weighted by Gasteiger charge is 2.05. The largest absolute Gasteiger partial charge is 0.327 e. The molecule has 0 aliphatic heterocycles. The van der Waals surface area contributed by atoms with Crippen molar-refractivity contribution in [1.82, 2.24) is 36.0 Å². The highest BCUT2D eigenvalue weighted by Crippen LogP contribution is 1.97. The van der Waals surface area contributed by atoms with Crippen molar-refractivity contribution in [2.24, 2.45) is 0 Å². The number of H-pyrrole nitrogens is 2. The van der Waals surface area contributed by atoms with Crippen LogP contribution in [-0.2, 0) is 0 Å². The zero-order chi connectivity index (χ0) is 9.80. The van der Waals surface area contributed by atoms with Gasteiger partial charge in [0.15, 0.2) is 5.82 Å². The summed E-state index contributed by atoms with van der Waals surface area (Å²) in [5, 5.41) is 26.5. The molecule has 2 aromatic heterocycles. The van der Waals surface area contributed by atoms with E-state index in [0.717, 1.165) is 0 Å². The number of nitrogens with zero attached hydrogens (tertiary/aromatic N) is 5. The number of tetrazole rings is 1. The average Bonchev–Trinajstić information content (AvgIpc) is 2.76. The molecule has 10 heteroatoms. The summed E-state index contributed by atoms with van der Waals surface area (Å²) in [6, 6.07) is -0.516. The van der Waals surface area contributed by atoms with Crippen LogP contribution in [-0.4, -0.2) is 42.1 Å². The highest BCUT2D eigenvalue weighted by atomic mass is 16.2. The fraction of sp³-hybridized carbons (Fsp3) is 0. The summed E-state index contributed by atoms with van der Waals surface area (Å²) >= 11 is 0. The van der Waals surface area contributed by atoms with Crippen LogP contribution in [0.3, 0.4) is 0 Å². The number of carbonyl (C=O) groups is 1. The van der Waals surface area contributed by atoms with E-state index in [-0.39, 0.29) is 5.95 Å². The summed E-state index contributed by atoms with van der Waals surface area (Å²) in [4.78, 5) is 11.2. The monoisotopic (exact) mass is 195 g/mol. The van der Waals surface area contributed by atoms with E-state index in [4.69, 9.17) is 0 Å². The third kappa shape index (κ3) is 1.80. The minimum Gasteiger partial charge on any atom is -0.289 e. The summed E-state index contributed by atoms with van der Waals surface area (Å²) in [5.74, 6) is 0.445. The molecule has 0 fully saturated rings. The van der Waals surface area contributed by atoms with Gasteiger partial charge in [-0.25, -0.2) is 9.89 Å². The lowest BCUT2D eigenvalue weighted by atomic mass is 10.7. The standard InChI is InChI=1S/C4H5N9O/c14-4(6-2-1-5-11-8-2)7-3-9-12-13-10-3/h1H,(H4,5,6,7,8,9,10,11,12,13,14). The predicted molar refractivity (Wildman–Crippen MR) is 43.2 cm³/mol. The number of urea groups is 1. The van der Waals surface area contributed by atoms with Gasteiger partial charge in [0, 0.05) is 0 Å². The molecule has 4 N–H and O–H groups in total.